The fraction of sp³-hybridized carbons (Fsp3) is 0.462. The Kier molecular flexibility index (Phi) is 3.11. The summed E-state index contributed by atoms with van der Waals surface area (Å²) in [7, 11) is 0. The van der Waals surface area contributed by atoms with Gasteiger partial charge in [0.25, 0.3) is 11.8 Å². The summed E-state index contributed by atoms with van der Waals surface area (Å²) >= 11 is 0. The number of carbonyl (C=O) groups is 1. The van der Waals surface area contributed by atoms with Crippen molar-refractivity contribution in [1.82, 2.24) is 9.88 Å². The van der Waals surface area contributed by atoms with Crippen molar-refractivity contribution >= 4 is 12.3 Å². The number of halogens is 2. The molecule has 1 fully saturated rings. The first-order chi connectivity index (χ1) is 9.57. The standard InChI is InChI=1S/C13H13F2N3O2/c14-13(15)3-6-18(7-13)12(19)10-11(20-8-17-10)9-1-4-16-5-2-9/h1-2,4-5,8,10-11H,3,6-7H2/t10-,11+/m1/s1. The van der Waals surface area contributed by atoms with Crippen LogP contribution >= 0.6 is 0 Å². The van der Waals surface area contributed by atoms with E-state index in [1.165, 1.54) is 6.40 Å². The van der Waals surface area contributed by atoms with Crippen molar-refractivity contribution in [1.29, 1.82) is 0 Å². The highest BCUT2D eigenvalue weighted by atomic mass is 19.3. The van der Waals surface area contributed by atoms with Crippen LogP contribution in [0.1, 0.15) is 18.1 Å². The van der Waals surface area contributed by atoms with E-state index < -0.39 is 30.5 Å². The first-order valence-electron chi connectivity index (χ1n) is 6.30. The summed E-state index contributed by atoms with van der Waals surface area (Å²) in [6.45, 7) is -0.484. The minimum Gasteiger partial charge on any atom is -0.473 e. The second kappa shape index (κ2) is 4.81. The van der Waals surface area contributed by atoms with Crippen LogP contribution in [0.5, 0.6) is 0 Å². The number of hydrogen-bond acceptors (Lipinski definition) is 4. The van der Waals surface area contributed by atoms with Gasteiger partial charge in [0.15, 0.2) is 18.5 Å². The van der Waals surface area contributed by atoms with Crippen molar-refractivity contribution in [2.45, 2.75) is 24.5 Å². The summed E-state index contributed by atoms with van der Waals surface area (Å²) in [6, 6.07) is 2.64. The fourth-order valence-corrected chi connectivity index (χ4v) is 2.44. The summed E-state index contributed by atoms with van der Waals surface area (Å²) in [4.78, 5) is 21.3. The van der Waals surface area contributed by atoms with E-state index in [0.717, 1.165) is 10.5 Å². The van der Waals surface area contributed by atoms with E-state index in [4.69, 9.17) is 4.74 Å². The van der Waals surface area contributed by atoms with Crippen molar-refractivity contribution in [2.24, 2.45) is 4.99 Å². The summed E-state index contributed by atoms with van der Waals surface area (Å²) in [5.74, 6) is -3.22. The normalized spacial score (nSPS) is 27.6. The zero-order valence-electron chi connectivity index (χ0n) is 10.6. The lowest BCUT2D eigenvalue weighted by molar-refractivity contribution is -0.134. The minimum atomic E-state index is -2.80. The molecule has 106 valence electrons. The van der Waals surface area contributed by atoms with Gasteiger partial charge in [0.1, 0.15) is 0 Å². The Morgan fingerprint density at radius 2 is 2.15 bits per heavy atom. The van der Waals surface area contributed by atoms with Gasteiger partial charge in [-0.15, -0.1) is 0 Å². The second-order valence-corrected chi connectivity index (χ2v) is 4.90. The minimum absolute atomic E-state index is 0.0565. The number of pyridine rings is 1. The molecule has 0 N–H and O–H groups in total. The number of alkyl halides is 2. The Labute approximate surface area is 114 Å². The Morgan fingerprint density at radius 3 is 2.80 bits per heavy atom. The molecule has 1 aromatic rings. The first-order valence-corrected chi connectivity index (χ1v) is 6.30. The van der Waals surface area contributed by atoms with Gasteiger partial charge in [-0.3, -0.25) is 9.78 Å². The number of aromatic nitrogens is 1. The molecule has 3 rings (SSSR count). The lowest BCUT2D eigenvalue weighted by atomic mass is 10.0. The number of amides is 1. The molecule has 1 amide bonds. The maximum absolute atomic E-state index is 13.2. The van der Waals surface area contributed by atoms with Gasteiger partial charge in [0.05, 0.1) is 6.54 Å². The van der Waals surface area contributed by atoms with Crippen LogP contribution in [0.2, 0.25) is 0 Å². The Morgan fingerprint density at radius 1 is 1.40 bits per heavy atom. The van der Waals surface area contributed by atoms with Gasteiger partial charge in [-0.25, -0.2) is 13.8 Å². The summed E-state index contributed by atoms with van der Waals surface area (Å²) in [5.41, 5.74) is 0.752. The van der Waals surface area contributed by atoms with E-state index in [2.05, 4.69) is 9.98 Å². The number of ether oxygens (including phenoxy) is 1. The van der Waals surface area contributed by atoms with Gasteiger partial charge in [-0.2, -0.15) is 0 Å². The van der Waals surface area contributed by atoms with Crippen LogP contribution in [0, 0.1) is 0 Å². The molecular weight excluding hydrogens is 268 g/mol. The number of aliphatic imine (C=N–C) groups is 1. The highest BCUT2D eigenvalue weighted by Crippen LogP contribution is 2.32. The predicted octanol–water partition coefficient (Wildman–Crippen LogP) is 1.42. The highest BCUT2D eigenvalue weighted by Gasteiger charge is 2.44. The van der Waals surface area contributed by atoms with E-state index in [1.807, 2.05) is 0 Å². The average Bonchev–Trinajstić information content (AvgIpc) is 3.05. The summed E-state index contributed by atoms with van der Waals surface area (Å²) < 4.78 is 31.7. The molecule has 2 aliphatic heterocycles. The molecule has 0 aliphatic carbocycles. The zero-order valence-corrected chi connectivity index (χ0v) is 10.6. The van der Waals surface area contributed by atoms with E-state index in [-0.39, 0.29) is 13.0 Å². The highest BCUT2D eigenvalue weighted by molar-refractivity contribution is 5.85. The number of rotatable bonds is 2. The second-order valence-electron chi connectivity index (χ2n) is 4.90. The molecule has 1 saturated heterocycles. The van der Waals surface area contributed by atoms with Gasteiger partial charge < -0.3 is 9.64 Å². The van der Waals surface area contributed by atoms with Gasteiger partial charge in [-0.1, -0.05) is 0 Å². The molecule has 2 atom stereocenters. The van der Waals surface area contributed by atoms with Crippen LogP contribution in [0.25, 0.3) is 0 Å². The van der Waals surface area contributed by atoms with Gasteiger partial charge in [0, 0.05) is 25.4 Å². The van der Waals surface area contributed by atoms with Crippen LogP contribution in [0.4, 0.5) is 8.78 Å². The van der Waals surface area contributed by atoms with Crippen molar-refractivity contribution in [3.63, 3.8) is 0 Å². The lowest BCUT2D eigenvalue weighted by Crippen LogP contribution is -2.40. The molecule has 0 spiro atoms. The van der Waals surface area contributed by atoms with Gasteiger partial charge in [0.2, 0.25) is 0 Å². The molecular formula is C13H13F2N3O2. The summed E-state index contributed by atoms with van der Waals surface area (Å²) in [5, 5.41) is 0. The predicted molar refractivity (Wildman–Crippen MR) is 66.5 cm³/mol. The van der Waals surface area contributed by atoms with Crippen molar-refractivity contribution in [3.8, 4) is 0 Å². The SMILES string of the molecule is O=C([C@@H]1N=CO[C@H]1c1ccncc1)N1CCC(F)(F)C1. The van der Waals surface area contributed by atoms with Crippen LogP contribution in [-0.4, -0.2) is 47.2 Å². The molecule has 0 aromatic carbocycles. The number of carbonyl (C=O) groups excluding carboxylic acids is 1. The quantitative estimate of drug-likeness (QED) is 0.823. The Hall–Kier alpha value is -2.05. The molecule has 7 heteroatoms. The third kappa shape index (κ3) is 2.35. The molecule has 0 saturated carbocycles. The average molecular weight is 281 g/mol. The van der Waals surface area contributed by atoms with E-state index in [0.29, 0.717) is 0 Å². The van der Waals surface area contributed by atoms with E-state index in [1.54, 1.807) is 24.5 Å². The Balaban J connectivity index is 1.76. The van der Waals surface area contributed by atoms with Crippen molar-refractivity contribution in [2.75, 3.05) is 13.1 Å². The lowest BCUT2D eigenvalue weighted by Gasteiger charge is -2.22. The number of likely N-dealkylation sites (tertiary alicyclic amines) is 1. The molecule has 0 radical (unpaired) electrons. The largest absolute Gasteiger partial charge is 0.473 e. The van der Waals surface area contributed by atoms with E-state index in [9.17, 15) is 13.6 Å². The molecule has 2 aliphatic rings. The number of hydrogen-bond donors (Lipinski definition) is 0. The molecule has 20 heavy (non-hydrogen) atoms. The Bertz CT molecular complexity index is 536. The smallest absolute Gasteiger partial charge is 0.267 e. The molecule has 0 unspecified atom stereocenters. The summed E-state index contributed by atoms with van der Waals surface area (Å²) in [6.07, 6.45) is 3.52. The zero-order chi connectivity index (χ0) is 14.2. The molecule has 0 bridgehead atoms. The van der Waals surface area contributed by atoms with Gasteiger partial charge >= 0.3 is 0 Å². The third-order valence-electron chi connectivity index (χ3n) is 3.48. The number of nitrogens with zero attached hydrogens (tertiary/aromatic N) is 3. The van der Waals surface area contributed by atoms with Crippen LogP contribution in [0.15, 0.2) is 29.5 Å². The maximum Gasteiger partial charge on any atom is 0.267 e. The first kappa shape index (κ1) is 13.0. The maximum atomic E-state index is 13.2. The van der Waals surface area contributed by atoms with Crippen molar-refractivity contribution < 1.29 is 18.3 Å². The van der Waals surface area contributed by atoms with Crippen LogP contribution in [0.3, 0.4) is 0 Å². The topological polar surface area (TPSA) is 54.8 Å². The van der Waals surface area contributed by atoms with Crippen LogP contribution < -0.4 is 0 Å². The van der Waals surface area contributed by atoms with Gasteiger partial charge in [-0.05, 0) is 17.7 Å². The molecule has 5 nitrogen and oxygen atoms in total. The third-order valence-corrected chi connectivity index (χ3v) is 3.48. The molecule has 3 heterocycles. The van der Waals surface area contributed by atoms with Crippen LogP contribution in [-0.2, 0) is 9.53 Å². The van der Waals surface area contributed by atoms with Crippen molar-refractivity contribution in [3.05, 3.63) is 30.1 Å². The fourth-order valence-electron chi connectivity index (χ4n) is 2.44. The monoisotopic (exact) mass is 281 g/mol. The van der Waals surface area contributed by atoms with E-state index >= 15 is 0 Å². The molecule has 1 aromatic heterocycles.